The Labute approximate surface area is 103 Å². The molecular formula is C11H21NO4S. The number of carbonyl (C=O) groups excluding carboxylic acids is 1. The molecule has 0 radical (unpaired) electrons. The minimum atomic E-state index is -4.32. The van der Waals surface area contributed by atoms with Crippen molar-refractivity contribution >= 4 is 16.0 Å². The average Bonchev–Trinajstić information content (AvgIpc) is 2.08. The highest BCUT2D eigenvalue weighted by Gasteiger charge is 2.32. The molecule has 0 saturated carbocycles. The highest BCUT2D eigenvalue weighted by atomic mass is 32.2. The summed E-state index contributed by atoms with van der Waals surface area (Å²) in [6.07, 6.45) is 1.52. The average molecular weight is 263 g/mol. The fourth-order valence-corrected chi connectivity index (χ4v) is 2.73. The van der Waals surface area contributed by atoms with Crippen molar-refractivity contribution in [2.75, 3.05) is 0 Å². The first-order chi connectivity index (χ1) is 7.47. The van der Waals surface area contributed by atoms with Gasteiger partial charge in [0, 0.05) is 0 Å². The van der Waals surface area contributed by atoms with Gasteiger partial charge in [0.2, 0.25) is 5.91 Å². The van der Waals surface area contributed by atoms with E-state index < -0.39 is 27.3 Å². The van der Waals surface area contributed by atoms with Gasteiger partial charge in [-0.15, -0.1) is 0 Å². The molecule has 0 aliphatic carbocycles. The minimum Gasteiger partial charge on any atom is -0.334 e. The van der Waals surface area contributed by atoms with E-state index in [-0.39, 0.29) is 5.41 Å². The van der Waals surface area contributed by atoms with Gasteiger partial charge in [0.15, 0.2) is 5.37 Å². The Kier molecular flexibility index (Phi) is 5.35. The molecule has 0 saturated heterocycles. The number of nitrogens with one attached hydrogen (secondary N) is 1. The molecule has 6 heteroatoms. The van der Waals surface area contributed by atoms with E-state index in [0.717, 1.165) is 6.08 Å². The molecule has 0 aromatic carbocycles. The summed E-state index contributed by atoms with van der Waals surface area (Å²) in [4.78, 5) is 11.1. The van der Waals surface area contributed by atoms with Crippen LogP contribution in [0.15, 0.2) is 12.7 Å². The first-order valence-electron chi connectivity index (χ1n) is 5.36. The Morgan fingerprint density at radius 2 is 1.94 bits per heavy atom. The molecule has 2 N–H and O–H groups in total. The largest absolute Gasteiger partial charge is 0.334 e. The van der Waals surface area contributed by atoms with E-state index in [0.29, 0.717) is 6.42 Å². The topological polar surface area (TPSA) is 83.5 Å². The molecule has 0 rings (SSSR count). The van der Waals surface area contributed by atoms with E-state index >= 15 is 0 Å². The van der Waals surface area contributed by atoms with Gasteiger partial charge in [-0.2, -0.15) is 8.42 Å². The molecule has 0 aliphatic heterocycles. The molecule has 17 heavy (non-hydrogen) atoms. The molecule has 2 unspecified atom stereocenters. The lowest BCUT2D eigenvalue weighted by molar-refractivity contribution is -0.117. The Morgan fingerprint density at radius 3 is 2.24 bits per heavy atom. The number of rotatable bonds is 5. The van der Waals surface area contributed by atoms with Crippen molar-refractivity contribution in [3.05, 3.63) is 12.7 Å². The third-order valence-electron chi connectivity index (χ3n) is 2.24. The summed E-state index contributed by atoms with van der Waals surface area (Å²) in [6.45, 7) is 10.8. The van der Waals surface area contributed by atoms with Crippen LogP contribution in [-0.2, 0) is 14.9 Å². The lowest BCUT2D eigenvalue weighted by atomic mass is 9.85. The maximum absolute atomic E-state index is 11.2. The van der Waals surface area contributed by atoms with Crippen LogP contribution in [-0.4, -0.2) is 24.3 Å². The maximum Gasteiger partial charge on any atom is 0.286 e. The monoisotopic (exact) mass is 263 g/mol. The minimum absolute atomic E-state index is 0.0960. The van der Waals surface area contributed by atoms with Crippen molar-refractivity contribution < 1.29 is 17.8 Å². The molecule has 0 bridgehead atoms. The molecule has 0 fully saturated rings. The van der Waals surface area contributed by atoms with Crippen molar-refractivity contribution in [1.29, 1.82) is 0 Å². The molecule has 100 valence electrons. The van der Waals surface area contributed by atoms with Crippen LogP contribution in [0.5, 0.6) is 0 Å². The summed E-state index contributed by atoms with van der Waals surface area (Å²) in [7, 11) is -4.32. The second-order valence-corrected chi connectivity index (χ2v) is 6.93. The second-order valence-electron chi connectivity index (χ2n) is 5.39. The molecule has 0 heterocycles. The van der Waals surface area contributed by atoms with Crippen molar-refractivity contribution in [2.45, 2.75) is 39.5 Å². The zero-order valence-corrected chi connectivity index (χ0v) is 11.5. The predicted molar refractivity (Wildman–Crippen MR) is 66.9 cm³/mol. The van der Waals surface area contributed by atoms with Gasteiger partial charge in [-0.1, -0.05) is 34.3 Å². The van der Waals surface area contributed by atoms with Crippen molar-refractivity contribution in [2.24, 2.45) is 11.3 Å². The lowest BCUT2D eigenvalue weighted by Crippen LogP contribution is -2.45. The van der Waals surface area contributed by atoms with Crippen molar-refractivity contribution in [1.82, 2.24) is 5.32 Å². The van der Waals surface area contributed by atoms with Crippen molar-refractivity contribution in [3.63, 3.8) is 0 Å². The van der Waals surface area contributed by atoms with Gasteiger partial charge in [0.1, 0.15) is 0 Å². The van der Waals surface area contributed by atoms with Crippen LogP contribution in [0.25, 0.3) is 0 Å². The third-order valence-corrected chi connectivity index (χ3v) is 3.47. The van der Waals surface area contributed by atoms with E-state index in [4.69, 9.17) is 4.55 Å². The fraction of sp³-hybridized carbons (Fsp3) is 0.727. The fourth-order valence-electron chi connectivity index (χ4n) is 1.78. The van der Waals surface area contributed by atoms with Gasteiger partial charge in [-0.25, -0.2) is 0 Å². The van der Waals surface area contributed by atoms with Gasteiger partial charge in [-0.05, 0) is 23.8 Å². The summed E-state index contributed by atoms with van der Waals surface area (Å²) in [6, 6.07) is 0. The lowest BCUT2D eigenvalue weighted by Gasteiger charge is -2.28. The van der Waals surface area contributed by atoms with E-state index in [1.165, 1.54) is 0 Å². The van der Waals surface area contributed by atoms with Crippen LogP contribution in [0.1, 0.15) is 34.1 Å². The molecule has 2 atom stereocenters. The summed E-state index contributed by atoms with van der Waals surface area (Å²) < 4.78 is 31.5. The molecule has 0 aliphatic rings. The quantitative estimate of drug-likeness (QED) is 0.582. The summed E-state index contributed by atoms with van der Waals surface area (Å²) in [5.74, 6) is -1.01. The van der Waals surface area contributed by atoms with E-state index in [1.807, 2.05) is 20.8 Å². The molecule has 0 spiro atoms. The zero-order valence-electron chi connectivity index (χ0n) is 10.7. The molecule has 0 aromatic rings. The van der Waals surface area contributed by atoms with Crippen LogP contribution in [0, 0.1) is 11.3 Å². The second kappa shape index (κ2) is 5.64. The summed E-state index contributed by atoms with van der Waals surface area (Å²) in [5, 5.41) is 0.935. The normalized spacial score (nSPS) is 16.1. The van der Waals surface area contributed by atoms with E-state index in [2.05, 4.69) is 11.9 Å². The molecule has 1 amide bonds. The Morgan fingerprint density at radius 1 is 1.47 bits per heavy atom. The predicted octanol–water partition coefficient (Wildman–Crippen LogP) is 1.57. The highest BCUT2D eigenvalue weighted by Crippen LogP contribution is 2.27. The molecule has 0 aromatic heterocycles. The zero-order chi connectivity index (χ0) is 13.9. The van der Waals surface area contributed by atoms with E-state index in [9.17, 15) is 13.2 Å². The first-order valence-corrected chi connectivity index (χ1v) is 6.87. The van der Waals surface area contributed by atoms with Gasteiger partial charge in [-0.3, -0.25) is 9.35 Å². The third kappa shape index (κ3) is 6.43. The number of amides is 1. The van der Waals surface area contributed by atoms with Gasteiger partial charge < -0.3 is 5.32 Å². The van der Waals surface area contributed by atoms with Crippen LogP contribution in [0.2, 0.25) is 0 Å². The summed E-state index contributed by atoms with van der Waals surface area (Å²) in [5.41, 5.74) is -0.0960. The Bertz CT molecular complexity index is 381. The molecule has 5 nitrogen and oxygen atoms in total. The standard InChI is InChI=1S/C11H21NO4S/c1-6-9(13)12-10(17(14,15)16)8(2)7-11(3,4)5/h6,8,10H,1,7H2,2-5H3,(H,12,13)(H,14,15,16). The van der Waals surface area contributed by atoms with Crippen LogP contribution >= 0.6 is 0 Å². The SMILES string of the molecule is C=CC(=O)NC(C(C)CC(C)(C)C)S(=O)(=O)O. The smallest absolute Gasteiger partial charge is 0.286 e. The van der Waals surface area contributed by atoms with Crippen LogP contribution in [0.4, 0.5) is 0 Å². The van der Waals surface area contributed by atoms with E-state index in [1.54, 1.807) is 6.92 Å². The van der Waals surface area contributed by atoms with Crippen molar-refractivity contribution in [3.8, 4) is 0 Å². The van der Waals surface area contributed by atoms with Gasteiger partial charge in [0.05, 0.1) is 0 Å². The maximum atomic E-state index is 11.2. The highest BCUT2D eigenvalue weighted by molar-refractivity contribution is 7.86. The van der Waals surface area contributed by atoms with Crippen LogP contribution in [0.3, 0.4) is 0 Å². The number of hydrogen-bond acceptors (Lipinski definition) is 3. The number of carbonyl (C=O) groups is 1. The first kappa shape index (κ1) is 16.1. The summed E-state index contributed by atoms with van der Waals surface area (Å²) >= 11 is 0. The van der Waals surface area contributed by atoms with Crippen LogP contribution < -0.4 is 5.32 Å². The molecular weight excluding hydrogens is 242 g/mol. The van der Waals surface area contributed by atoms with Gasteiger partial charge in [0.25, 0.3) is 10.1 Å². The Hall–Kier alpha value is -0.880. The number of hydrogen-bond donors (Lipinski definition) is 2. The van der Waals surface area contributed by atoms with Gasteiger partial charge >= 0.3 is 0 Å². The Balaban J connectivity index is 4.94.